The predicted molar refractivity (Wildman–Crippen MR) is 57.7 cm³/mol. The van der Waals surface area contributed by atoms with Crippen molar-refractivity contribution < 1.29 is 5.11 Å². The van der Waals surface area contributed by atoms with E-state index in [0.29, 0.717) is 0 Å². The summed E-state index contributed by atoms with van der Waals surface area (Å²) in [5, 5.41) is 11.1. The molecule has 0 saturated heterocycles. The molecule has 0 aliphatic rings. The van der Waals surface area contributed by atoms with Crippen molar-refractivity contribution in [3.63, 3.8) is 0 Å². The van der Waals surface area contributed by atoms with E-state index in [1.165, 1.54) is 5.69 Å². The maximum Gasteiger partial charge on any atom is 0.194 e. The van der Waals surface area contributed by atoms with Crippen LogP contribution in [0.5, 0.6) is 0 Å². The third-order valence-electron chi connectivity index (χ3n) is 2.19. The van der Waals surface area contributed by atoms with Gasteiger partial charge in [0.25, 0.3) is 0 Å². The van der Waals surface area contributed by atoms with Crippen LogP contribution >= 0.6 is 11.3 Å². The highest BCUT2D eigenvalue weighted by Crippen LogP contribution is 2.27. The van der Waals surface area contributed by atoms with Crippen molar-refractivity contribution >= 4 is 16.3 Å². The van der Waals surface area contributed by atoms with E-state index in [-0.39, 0.29) is 12.0 Å². The SMILES string of the molecule is CC(C)(C)c1csc2nc(CO)cn12. The summed E-state index contributed by atoms with van der Waals surface area (Å²) in [4.78, 5) is 5.25. The number of imidazole rings is 1. The van der Waals surface area contributed by atoms with Crippen molar-refractivity contribution in [2.45, 2.75) is 32.8 Å². The average Bonchev–Trinajstić information content (AvgIpc) is 2.57. The minimum Gasteiger partial charge on any atom is -0.390 e. The molecule has 3 nitrogen and oxygen atoms in total. The van der Waals surface area contributed by atoms with E-state index in [4.69, 9.17) is 5.11 Å². The predicted octanol–water partition coefficient (Wildman–Crippen LogP) is 2.19. The molecule has 0 atom stereocenters. The Bertz CT molecular complexity index is 450. The van der Waals surface area contributed by atoms with Crippen LogP contribution in [0, 0.1) is 0 Å². The van der Waals surface area contributed by atoms with Crippen LogP contribution in [0.1, 0.15) is 32.2 Å². The lowest BCUT2D eigenvalue weighted by molar-refractivity contribution is 0.277. The zero-order chi connectivity index (χ0) is 10.3. The molecule has 2 aromatic rings. The van der Waals surface area contributed by atoms with Gasteiger partial charge in [-0.15, -0.1) is 11.3 Å². The van der Waals surface area contributed by atoms with Crippen molar-refractivity contribution in [3.05, 3.63) is 23.0 Å². The van der Waals surface area contributed by atoms with Crippen LogP contribution in [0.2, 0.25) is 0 Å². The average molecular weight is 210 g/mol. The molecule has 0 aromatic carbocycles. The first kappa shape index (κ1) is 9.68. The van der Waals surface area contributed by atoms with Gasteiger partial charge in [-0.25, -0.2) is 4.98 Å². The van der Waals surface area contributed by atoms with E-state index < -0.39 is 0 Å². The molecular formula is C10H14N2OS. The number of aliphatic hydroxyl groups excluding tert-OH is 1. The van der Waals surface area contributed by atoms with Gasteiger partial charge in [0.15, 0.2) is 4.96 Å². The molecule has 0 aliphatic heterocycles. The number of fused-ring (bicyclic) bond motifs is 1. The molecule has 1 N–H and O–H groups in total. The van der Waals surface area contributed by atoms with Gasteiger partial charge in [-0.1, -0.05) is 20.8 Å². The molecule has 4 heteroatoms. The molecule has 0 aliphatic carbocycles. The number of nitrogens with zero attached hydrogens (tertiary/aromatic N) is 2. The Morgan fingerprint density at radius 3 is 2.79 bits per heavy atom. The van der Waals surface area contributed by atoms with Crippen LogP contribution in [0.25, 0.3) is 4.96 Å². The molecule has 0 fully saturated rings. The molecule has 76 valence electrons. The minimum absolute atomic E-state index is 0.0119. The van der Waals surface area contributed by atoms with E-state index in [1.807, 2.05) is 6.20 Å². The topological polar surface area (TPSA) is 37.5 Å². The second-order valence-corrected chi connectivity index (χ2v) is 5.25. The number of rotatable bonds is 1. The van der Waals surface area contributed by atoms with Crippen molar-refractivity contribution in [3.8, 4) is 0 Å². The summed E-state index contributed by atoms with van der Waals surface area (Å²) in [6, 6.07) is 0. The fraction of sp³-hybridized carbons (Fsp3) is 0.500. The van der Waals surface area contributed by atoms with Gasteiger partial charge in [0.1, 0.15) is 0 Å². The highest BCUT2D eigenvalue weighted by molar-refractivity contribution is 7.15. The van der Waals surface area contributed by atoms with E-state index in [0.717, 1.165) is 10.7 Å². The van der Waals surface area contributed by atoms with Gasteiger partial charge in [0.05, 0.1) is 12.3 Å². The summed E-state index contributed by atoms with van der Waals surface area (Å²) >= 11 is 1.62. The normalized spacial score (nSPS) is 12.6. The molecule has 0 amide bonds. The first-order valence-electron chi connectivity index (χ1n) is 4.59. The third kappa shape index (κ3) is 1.44. The largest absolute Gasteiger partial charge is 0.390 e. The highest BCUT2D eigenvalue weighted by atomic mass is 32.1. The molecular weight excluding hydrogens is 196 g/mol. The van der Waals surface area contributed by atoms with E-state index in [1.54, 1.807) is 11.3 Å². The first-order valence-corrected chi connectivity index (χ1v) is 5.47. The van der Waals surface area contributed by atoms with Gasteiger partial charge in [-0.3, -0.25) is 4.40 Å². The van der Waals surface area contributed by atoms with Crippen LogP contribution in [-0.4, -0.2) is 14.5 Å². The molecule has 0 saturated carbocycles. The van der Waals surface area contributed by atoms with Crippen molar-refractivity contribution in [2.24, 2.45) is 0 Å². The van der Waals surface area contributed by atoms with Crippen LogP contribution in [0.3, 0.4) is 0 Å². The Kier molecular flexibility index (Phi) is 2.12. The van der Waals surface area contributed by atoms with E-state index in [2.05, 4.69) is 35.5 Å². The minimum atomic E-state index is 0.0119. The quantitative estimate of drug-likeness (QED) is 0.783. The molecule has 0 unspecified atom stereocenters. The third-order valence-corrected chi connectivity index (χ3v) is 3.03. The lowest BCUT2D eigenvalue weighted by Crippen LogP contribution is -2.13. The summed E-state index contributed by atoms with van der Waals surface area (Å²) < 4.78 is 2.07. The number of aliphatic hydroxyl groups is 1. The Morgan fingerprint density at radius 1 is 1.50 bits per heavy atom. The number of aromatic nitrogens is 2. The van der Waals surface area contributed by atoms with Crippen molar-refractivity contribution in [2.75, 3.05) is 0 Å². The zero-order valence-corrected chi connectivity index (χ0v) is 9.43. The summed E-state index contributed by atoms with van der Waals surface area (Å²) in [6.07, 6.45) is 1.91. The monoisotopic (exact) mass is 210 g/mol. The van der Waals surface area contributed by atoms with Gasteiger partial charge in [0.2, 0.25) is 0 Å². The van der Waals surface area contributed by atoms with Crippen LogP contribution in [0.4, 0.5) is 0 Å². The van der Waals surface area contributed by atoms with E-state index >= 15 is 0 Å². The highest BCUT2D eigenvalue weighted by Gasteiger charge is 2.19. The number of hydrogen-bond acceptors (Lipinski definition) is 3. The standard InChI is InChI=1S/C10H14N2OS/c1-10(2,3)8-6-14-9-11-7(5-13)4-12(8)9/h4,6,13H,5H2,1-3H3. The van der Waals surface area contributed by atoms with E-state index in [9.17, 15) is 0 Å². The molecule has 0 radical (unpaired) electrons. The maximum absolute atomic E-state index is 8.98. The summed E-state index contributed by atoms with van der Waals surface area (Å²) in [7, 11) is 0. The summed E-state index contributed by atoms with van der Waals surface area (Å²) in [6.45, 7) is 6.53. The number of hydrogen-bond donors (Lipinski definition) is 1. The zero-order valence-electron chi connectivity index (χ0n) is 8.61. The molecule has 2 heterocycles. The summed E-state index contributed by atoms with van der Waals surface area (Å²) in [5.41, 5.74) is 2.10. The fourth-order valence-corrected chi connectivity index (χ4v) is 2.56. The fourth-order valence-electron chi connectivity index (χ4n) is 1.45. The first-order chi connectivity index (χ1) is 6.52. The van der Waals surface area contributed by atoms with Gasteiger partial charge in [-0.05, 0) is 0 Å². The smallest absolute Gasteiger partial charge is 0.194 e. The summed E-state index contributed by atoms with van der Waals surface area (Å²) in [5.74, 6) is 0. The lowest BCUT2D eigenvalue weighted by atomic mass is 9.93. The Balaban J connectivity index is 2.61. The molecule has 2 aromatic heterocycles. The van der Waals surface area contributed by atoms with Gasteiger partial charge >= 0.3 is 0 Å². The van der Waals surface area contributed by atoms with Crippen molar-refractivity contribution in [1.82, 2.24) is 9.38 Å². The van der Waals surface area contributed by atoms with Crippen LogP contribution in [0.15, 0.2) is 11.6 Å². The lowest BCUT2D eigenvalue weighted by Gasteiger charge is -2.16. The van der Waals surface area contributed by atoms with Crippen molar-refractivity contribution in [1.29, 1.82) is 0 Å². The van der Waals surface area contributed by atoms with Crippen LogP contribution in [-0.2, 0) is 12.0 Å². The number of thiazole rings is 1. The second kappa shape index (κ2) is 3.07. The molecule has 0 bridgehead atoms. The maximum atomic E-state index is 8.98. The molecule has 0 spiro atoms. The second-order valence-electron chi connectivity index (χ2n) is 4.41. The van der Waals surface area contributed by atoms with Crippen LogP contribution < -0.4 is 0 Å². The van der Waals surface area contributed by atoms with Gasteiger partial charge in [-0.2, -0.15) is 0 Å². The Labute approximate surface area is 87.0 Å². The Hall–Kier alpha value is -0.870. The molecule has 2 rings (SSSR count). The van der Waals surface area contributed by atoms with Gasteiger partial charge < -0.3 is 5.11 Å². The van der Waals surface area contributed by atoms with Gasteiger partial charge in [0, 0.05) is 22.7 Å². The Morgan fingerprint density at radius 2 is 2.21 bits per heavy atom. The molecule has 14 heavy (non-hydrogen) atoms.